The normalized spacial score (nSPS) is 10.9. The zero-order valence-corrected chi connectivity index (χ0v) is 9.69. The van der Waals surface area contributed by atoms with Crippen LogP contribution in [0.4, 0.5) is 5.82 Å². The molecule has 0 saturated carbocycles. The maximum atomic E-state index is 5.10. The molecule has 1 N–H and O–H groups in total. The molecule has 0 saturated heterocycles. The van der Waals surface area contributed by atoms with Crippen LogP contribution in [0, 0.1) is 6.92 Å². The van der Waals surface area contributed by atoms with Crippen molar-refractivity contribution < 1.29 is 4.52 Å². The molecular weight excluding hydrogens is 206 g/mol. The highest BCUT2D eigenvalue weighted by molar-refractivity contribution is 5.87. The number of fused-ring (bicyclic) bond motifs is 1. The number of hydrogen-bond acceptors (Lipinski definition) is 6. The first-order valence-electron chi connectivity index (χ1n) is 5.16. The molecule has 0 fully saturated rings. The molecule has 0 aliphatic heterocycles. The van der Waals surface area contributed by atoms with Crippen LogP contribution in [0.1, 0.15) is 5.69 Å². The van der Waals surface area contributed by atoms with Gasteiger partial charge in [0.1, 0.15) is 17.5 Å². The lowest BCUT2D eigenvalue weighted by Gasteiger charge is -2.17. The molecule has 2 aromatic heterocycles. The van der Waals surface area contributed by atoms with Gasteiger partial charge in [0.25, 0.3) is 5.71 Å². The quantitative estimate of drug-likeness (QED) is 0.814. The van der Waals surface area contributed by atoms with Crippen LogP contribution in [-0.4, -0.2) is 42.3 Å². The van der Waals surface area contributed by atoms with E-state index >= 15 is 0 Å². The molecule has 0 aliphatic carbocycles. The minimum atomic E-state index is 0.541. The van der Waals surface area contributed by atoms with E-state index in [0.717, 1.165) is 30.0 Å². The fraction of sp³-hybridized carbons (Fsp3) is 0.500. The van der Waals surface area contributed by atoms with Crippen molar-refractivity contribution in [1.82, 2.24) is 20.4 Å². The Labute approximate surface area is 93.7 Å². The summed E-state index contributed by atoms with van der Waals surface area (Å²) < 4.78 is 5.10. The highest BCUT2D eigenvalue weighted by Gasteiger charge is 2.14. The van der Waals surface area contributed by atoms with Crippen molar-refractivity contribution in [2.75, 3.05) is 32.1 Å². The SMILES string of the molecule is CNCCN(C)c1ncnc2onc(C)c12. The maximum Gasteiger partial charge on any atom is 0.263 e. The molecule has 0 aromatic carbocycles. The van der Waals surface area contributed by atoms with Crippen LogP contribution >= 0.6 is 0 Å². The molecule has 2 aromatic rings. The van der Waals surface area contributed by atoms with E-state index in [0.29, 0.717) is 5.71 Å². The van der Waals surface area contributed by atoms with Gasteiger partial charge in [-0.15, -0.1) is 0 Å². The number of nitrogens with zero attached hydrogens (tertiary/aromatic N) is 4. The van der Waals surface area contributed by atoms with Crippen molar-refractivity contribution in [2.24, 2.45) is 0 Å². The van der Waals surface area contributed by atoms with E-state index in [4.69, 9.17) is 4.52 Å². The lowest BCUT2D eigenvalue weighted by atomic mass is 10.3. The minimum Gasteiger partial charge on any atom is -0.358 e. The van der Waals surface area contributed by atoms with Crippen molar-refractivity contribution >= 4 is 16.9 Å². The molecule has 0 unspecified atom stereocenters. The van der Waals surface area contributed by atoms with Crippen molar-refractivity contribution in [3.63, 3.8) is 0 Å². The van der Waals surface area contributed by atoms with Crippen LogP contribution in [0.25, 0.3) is 11.1 Å². The lowest BCUT2D eigenvalue weighted by Crippen LogP contribution is -2.27. The molecule has 0 atom stereocenters. The molecule has 0 aliphatic rings. The van der Waals surface area contributed by atoms with E-state index in [1.54, 1.807) is 0 Å². The number of aromatic nitrogens is 3. The maximum absolute atomic E-state index is 5.10. The molecule has 0 bridgehead atoms. The molecule has 2 heterocycles. The van der Waals surface area contributed by atoms with Crippen LogP contribution in [-0.2, 0) is 0 Å². The van der Waals surface area contributed by atoms with Crippen LogP contribution in [0.15, 0.2) is 10.9 Å². The number of rotatable bonds is 4. The number of aryl methyl sites for hydroxylation is 1. The number of likely N-dealkylation sites (N-methyl/N-ethyl adjacent to an activating group) is 2. The van der Waals surface area contributed by atoms with Gasteiger partial charge in [-0.05, 0) is 14.0 Å². The Hall–Kier alpha value is -1.69. The average Bonchev–Trinajstić information content (AvgIpc) is 2.68. The fourth-order valence-corrected chi connectivity index (χ4v) is 1.58. The third-order valence-corrected chi connectivity index (χ3v) is 2.48. The molecule has 86 valence electrons. The minimum absolute atomic E-state index is 0.541. The Morgan fingerprint density at radius 3 is 3.00 bits per heavy atom. The molecule has 0 radical (unpaired) electrons. The molecule has 6 heteroatoms. The molecule has 16 heavy (non-hydrogen) atoms. The highest BCUT2D eigenvalue weighted by Crippen LogP contribution is 2.24. The Balaban J connectivity index is 2.39. The van der Waals surface area contributed by atoms with Gasteiger partial charge in [-0.3, -0.25) is 0 Å². The molecule has 0 amide bonds. The van der Waals surface area contributed by atoms with E-state index in [-0.39, 0.29) is 0 Å². The number of hydrogen-bond donors (Lipinski definition) is 1. The Kier molecular flexibility index (Phi) is 3.00. The zero-order valence-electron chi connectivity index (χ0n) is 9.69. The first-order valence-corrected chi connectivity index (χ1v) is 5.16. The van der Waals surface area contributed by atoms with Crippen molar-refractivity contribution in [3.05, 3.63) is 12.0 Å². The van der Waals surface area contributed by atoms with Gasteiger partial charge in [0.2, 0.25) is 0 Å². The summed E-state index contributed by atoms with van der Waals surface area (Å²) in [6.45, 7) is 3.66. The van der Waals surface area contributed by atoms with Crippen molar-refractivity contribution in [2.45, 2.75) is 6.92 Å². The van der Waals surface area contributed by atoms with Gasteiger partial charge in [-0.2, -0.15) is 4.98 Å². The van der Waals surface area contributed by atoms with E-state index in [1.807, 2.05) is 21.0 Å². The van der Waals surface area contributed by atoms with Gasteiger partial charge in [-0.25, -0.2) is 4.98 Å². The number of nitrogens with one attached hydrogen (secondary N) is 1. The summed E-state index contributed by atoms with van der Waals surface area (Å²) in [6, 6.07) is 0. The Morgan fingerprint density at radius 2 is 2.25 bits per heavy atom. The topological polar surface area (TPSA) is 67.1 Å². The molecular formula is C10H15N5O. The monoisotopic (exact) mass is 221 g/mol. The van der Waals surface area contributed by atoms with Gasteiger partial charge in [0.15, 0.2) is 0 Å². The first-order chi connectivity index (χ1) is 7.74. The summed E-state index contributed by atoms with van der Waals surface area (Å²) in [6.07, 6.45) is 1.50. The third kappa shape index (κ3) is 1.83. The first kappa shape index (κ1) is 10.8. The standard InChI is InChI=1S/C10H15N5O/c1-7-8-9(15(3)5-4-11-2)12-6-13-10(8)16-14-7/h6,11H,4-5H2,1-3H3. The highest BCUT2D eigenvalue weighted by atomic mass is 16.5. The van der Waals surface area contributed by atoms with E-state index in [2.05, 4.69) is 25.3 Å². The summed E-state index contributed by atoms with van der Waals surface area (Å²) >= 11 is 0. The molecule has 6 nitrogen and oxygen atoms in total. The van der Waals surface area contributed by atoms with Gasteiger partial charge in [0, 0.05) is 20.1 Å². The van der Waals surface area contributed by atoms with Gasteiger partial charge in [0.05, 0.1) is 5.69 Å². The van der Waals surface area contributed by atoms with Crippen molar-refractivity contribution in [3.8, 4) is 0 Å². The van der Waals surface area contributed by atoms with Gasteiger partial charge >= 0.3 is 0 Å². The van der Waals surface area contributed by atoms with E-state index in [9.17, 15) is 0 Å². The summed E-state index contributed by atoms with van der Waals surface area (Å²) in [7, 11) is 3.92. The van der Waals surface area contributed by atoms with Gasteiger partial charge < -0.3 is 14.7 Å². The smallest absolute Gasteiger partial charge is 0.263 e. The van der Waals surface area contributed by atoms with E-state index in [1.165, 1.54) is 6.33 Å². The summed E-state index contributed by atoms with van der Waals surface area (Å²) in [5.74, 6) is 0.860. The second-order valence-electron chi connectivity index (χ2n) is 3.67. The van der Waals surface area contributed by atoms with Crippen LogP contribution < -0.4 is 10.2 Å². The predicted molar refractivity (Wildman–Crippen MR) is 61.5 cm³/mol. The van der Waals surface area contributed by atoms with Crippen LogP contribution in [0.5, 0.6) is 0 Å². The molecule has 0 spiro atoms. The Morgan fingerprint density at radius 1 is 1.44 bits per heavy atom. The second kappa shape index (κ2) is 4.44. The fourth-order valence-electron chi connectivity index (χ4n) is 1.58. The molecule has 2 rings (SSSR count). The Bertz CT molecular complexity index is 481. The zero-order chi connectivity index (χ0) is 11.5. The third-order valence-electron chi connectivity index (χ3n) is 2.48. The van der Waals surface area contributed by atoms with Crippen LogP contribution in [0.2, 0.25) is 0 Å². The largest absolute Gasteiger partial charge is 0.358 e. The number of anilines is 1. The summed E-state index contributed by atoms with van der Waals surface area (Å²) in [4.78, 5) is 10.4. The lowest BCUT2D eigenvalue weighted by molar-refractivity contribution is 0.442. The summed E-state index contributed by atoms with van der Waals surface area (Å²) in [5.41, 5.74) is 1.36. The summed E-state index contributed by atoms with van der Waals surface area (Å²) in [5, 5.41) is 7.89. The second-order valence-corrected chi connectivity index (χ2v) is 3.67. The van der Waals surface area contributed by atoms with Crippen LogP contribution in [0.3, 0.4) is 0 Å². The predicted octanol–water partition coefficient (Wildman–Crippen LogP) is 0.582. The van der Waals surface area contributed by atoms with Crippen molar-refractivity contribution in [1.29, 1.82) is 0 Å². The average molecular weight is 221 g/mol. The van der Waals surface area contributed by atoms with Gasteiger partial charge in [-0.1, -0.05) is 5.16 Å². The van der Waals surface area contributed by atoms with E-state index < -0.39 is 0 Å².